The first kappa shape index (κ1) is 9.52. The van der Waals surface area contributed by atoms with Crippen LogP contribution in [-0.2, 0) is 6.42 Å². The van der Waals surface area contributed by atoms with E-state index in [2.05, 4.69) is 39.4 Å². The van der Waals surface area contributed by atoms with Gasteiger partial charge in [-0.15, -0.1) is 0 Å². The van der Waals surface area contributed by atoms with E-state index in [1.807, 2.05) is 0 Å². The van der Waals surface area contributed by atoms with E-state index < -0.39 is 0 Å². The van der Waals surface area contributed by atoms with Crippen LogP contribution in [0.5, 0.6) is 0 Å². The van der Waals surface area contributed by atoms with Crippen molar-refractivity contribution in [3.05, 3.63) is 22.4 Å². The van der Waals surface area contributed by atoms with Crippen LogP contribution in [0.15, 0.2) is 21.8 Å². The maximum absolute atomic E-state index is 4.30. The predicted molar refractivity (Wildman–Crippen MR) is 60.9 cm³/mol. The van der Waals surface area contributed by atoms with Crippen LogP contribution in [0, 0.1) is 0 Å². The molecule has 76 valence electrons. The Morgan fingerprint density at radius 3 is 3.29 bits per heavy atom. The van der Waals surface area contributed by atoms with E-state index >= 15 is 0 Å². The molecule has 1 unspecified atom stereocenters. The highest BCUT2D eigenvalue weighted by molar-refractivity contribution is 7.07. The van der Waals surface area contributed by atoms with Crippen LogP contribution >= 0.6 is 11.3 Å². The van der Waals surface area contributed by atoms with Gasteiger partial charge in [0.25, 0.3) is 0 Å². The third-order valence-corrected chi connectivity index (χ3v) is 2.91. The van der Waals surface area contributed by atoms with E-state index in [1.165, 1.54) is 5.56 Å². The van der Waals surface area contributed by atoms with Gasteiger partial charge in [0, 0.05) is 12.6 Å². The molecule has 1 aliphatic rings. The summed E-state index contributed by atoms with van der Waals surface area (Å²) in [5.41, 5.74) is 1.40. The Hall–Kier alpha value is -1.03. The third-order valence-electron chi connectivity index (χ3n) is 2.18. The van der Waals surface area contributed by atoms with Crippen LogP contribution < -0.4 is 10.6 Å². The smallest absolute Gasteiger partial charge is 0.191 e. The molecule has 3 nitrogen and oxygen atoms in total. The number of nitrogens with zero attached hydrogens (tertiary/aromatic N) is 1. The summed E-state index contributed by atoms with van der Waals surface area (Å²) in [7, 11) is 0. The van der Waals surface area contributed by atoms with Crippen LogP contribution in [0.25, 0.3) is 0 Å². The summed E-state index contributed by atoms with van der Waals surface area (Å²) in [5.74, 6) is 0.952. The molecule has 0 radical (unpaired) electrons. The highest BCUT2D eigenvalue weighted by atomic mass is 32.1. The molecule has 0 saturated carbocycles. The van der Waals surface area contributed by atoms with E-state index in [1.54, 1.807) is 11.3 Å². The highest BCUT2D eigenvalue weighted by Gasteiger charge is 2.09. The monoisotopic (exact) mass is 209 g/mol. The molecule has 0 bridgehead atoms. The molecule has 1 atom stereocenters. The number of hydrogen-bond donors (Lipinski definition) is 2. The molecule has 1 aliphatic heterocycles. The van der Waals surface area contributed by atoms with Crippen molar-refractivity contribution in [2.24, 2.45) is 4.99 Å². The van der Waals surface area contributed by atoms with Gasteiger partial charge in [0.05, 0.1) is 6.54 Å². The van der Waals surface area contributed by atoms with E-state index in [0.29, 0.717) is 6.04 Å². The van der Waals surface area contributed by atoms with E-state index in [4.69, 9.17) is 0 Å². The fourth-order valence-corrected chi connectivity index (χ4v) is 2.22. The zero-order valence-corrected chi connectivity index (χ0v) is 9.10. The van der Waals surface area contributed by atoms with Gasteiger partial charge in [0.1, 0.15) is 0 Å². The Labute approximate surface area is 88.3 Å². The molecule has 0 aliphatic carbocycles. The molecule has 0 amide bonds. The minimum absolute atomic E-state index is 0.439. The van der Waals surface area contributed by atoms with Crippen molar-refractivity contribution in [3.63, 3.8) is 0 Å². The van der Waals surface area contributed by atoms with Crippen molar-refractivity contribution in [3.8, 4) is 0 Å². The standard InChI is InChI=1S/C10H15N3S/c1-8(6-9-2-5-14-7-9)13-10-11-3-4-12-10/h2,5,7-8H,3-4,6H2,1H3,(H2,11,12,13). The summed E-state index contributed by atoms with van der Waals surface area (Å²) >= 11 is 1.75. The molecule has 1 aromatic heterocycles. The third kappa shape index (κ3) is 2.48. The van der Waals surface area contributed by atoms with Crippen LogP contribution in [0.1, 0.15) is 12.5 Å². The maximum Gasteiger partial charge on any atom is 0.191 e. The zero-order valence-electron chi connectivity index (χ0n) is 8.29. The van der Waals surface area contributed by atoms with Crippen molar-refractivity contribution >= 4 is 17.3 Å². The number of nitrogens with one attached hydrogen (secondary N) is 2. The van der Waals surface area contributed by atoms with Gasteiger partial charge >= 0.3 is 0 Å². The minimum Gasteiger partial charge on any atom is -0.355 e. The lowest BCUT2D eigenvalue weighted by molar-refractivity contribution is 0.651. The average molecular weight is 209 g/mol. The Kier molecular flexibility index (Phi) is 3.03. The minimum atomic E-state index is 0.439. The van der Waals surface area contributed by atoms with Gasteiger partial charge in [0.2, 0.25) is 0 Å². The van der Waals surface area contributed by atoms with Crippen LogP contribution in [-0.4, -0.2) is 25.1 Å². The summed E-state index contributed by atoms with van der Waals surface area (Å²) in [6.07, 6.45) is 1.06. The number of thiophene rings is 1. The van der Waals surface area contributed by atoms with Gasteiger partial charge in [-0.2, -0.15) is 11.3 Å². The van der Waals surface area contributed by atoms with Crippen molar-refractivity contribution in [1.82, 2.24) is 10.6 Å². The lowest BCUT2D eigenvalue weighted by Crippen LogP contribution is -2.40. The number of guanidine groups is 1. The number of hydrogen-bond acceptors (Lipinski definition) is 4. The molecule has 0 spiro atoms. The van der Waals surface area contributed by atoms with E-state index in [-0.39, 0.29) is 0 Å². The Morgan fingerprint density at radius 1 is 1.71 bits per heavy atom. The summed E-state index contributed by atoms with van der Waals surface area (Å²) in [6.45, 7) is 4.04. The van der Waals surface area contributed by atoms with Crippen molar-refractivity contribution in [2.75, 3.05) is 13.1 Å². The van der Waals surface area contributed by atoms with Gasteiger partial charge in [-0.25, -0.2) is 0 Å². The normalized spacial score (nSPS) is 17.4. The van der Waals surface area contributed by atoms with E-state index in [9.17, 15) is 0 Å². The van der Waals surface area contributed by atoms with Crippen molar-refractivity contribution < 1.29 is 0 Å². The lowest BCUT2D eigenvalue weighted by atomic mass is 10.1. The Bertz CT molecular complexity index is 305. The lowest BCUT2D eigenvalue weighted by Gasteiger charge is -2.14. The molecule has 0 aromatic carbocycles. The van der Waals surface area contributed by atoms with Gasteiger partial charge in [-0.05, 0) is 35.7 Å². The summed E-state index contributed by atoms with van der Waals surface area (Å²) < 4.78 is 0. The molecule has 4 heteroatoms. The largest absolute Gasteiger partial charge is 0.355 e. The molecule has 14 heavy (non-hydrogen) atoms. The molecular weight excluding hydrogens is 194 g/mol. The van der Waals surface area contributed by atoms with Gasteiger partial charge in [-0.3, -0.25) is 4.99 Å². The fraction of sp³-hybridized carbons (Fsp3) is 0.500. The predicted octanol–water partition coefficient (Wildman–Crippen LogP) is 1.23. The first-order chi connectivity index (χ1) is 6.84. The quantitative estimate of drug-likeness (QED) is 0.785. The van der Waals surface area contributed by atoms with Crippen molar-refractivity contribution in [2.45, 2.75) is 19.4 Å². The van der Waals surface area contributed by atoms with Crippen molar-refractivity contribution in [1.29, 1.82) is 0 Å². The first-order valence-corrected chi connectivity index (χ1v) is 5.85. The topological polar surface area (TPSA) is 36.4 Å². The first-order valence-electron chi connectivity index (χ1n) is 4.90. The molecule has 0 fully saturated rings. The van der Waals surface area contributed by atoms with Gasteiger partial charge in [0.15, 0.2) is 5.96 Å². The maximum atomic E-state index is 4.30. The second-order valence-electron chi connectivity index (χ2n) is 3.54. The fourth-order valence-electron chi connectivity index (χ4n) is 1.54. The van der Waals surface area contributed by atoms with Crippen LogP contribution in [0.3, 0.4) is 0 Å². The molecular formula is C10H15N3S. The number of rotatable bonds is 3. The second-order valence-corrected chi connectivity index (χ2v) is 4.32. The SMILES string of the molecule is CC(Cc1ccsc1)NC1=NCCN1. The molecule has 1 aromatic rings. The number of aliphatic imine (C=N–C) groups is 1. The molecule has 2 rings (SSSR count). The second kappa shape index (κ2) is 4.46. The van der Waals surface area contributed by atoms with Crippen LogP contribution in [0.2, 0.25) is 0 Å². The highest BCUT2D eigenvalue weighted by Crippen LogP contribution is 2.08. The molecule has 2 heterocycles. The summed E-state index contributed by atoms with van der Waals surface area (Å²) in [4.78, 5) is 4.30. The average Bonchev–Trinajstić information content (AvgIpc) is 2.76. The summed E-state index contributed by atoms with van der Waals surface area (Å²) in [6, 6.07) is 2.61. The van der Waals surface area contributed by atoms with E-state index in [0.717, 1.165) is 25.5 Å². The zero-order chi connectivity index (χ0) is 9.80. The van der Waals surface area contributed by atoms with Crippen LogP contribution in [0.4, 0.5) is 0 Å². The van der Waals surface area contributed by atoms with Gasteiger partial charge in [-0.1, -0.05) is 0 Å². The van der Waals surface area contributed by atoms with Gasteiger partial charge < -0.3 is 10.6 Å². The Balaban J connectivity index is 1.81. The molecule has 0 saturated heterocycles. The Morgan fingerprint density at radius 2 is 2.64 bits per heavy atom. The summed E-state index contributed by atoms with van der Waals surface area (Å²) in [5, 5.41) is 10.9. The molecule has 2 N–H and O–H groups in total.